The maximum Gasteiger partial charge on any atom is 0.302 e. The number of ether oxygens (including phenoxy) is 2. The fourth-order valence-electron chi connectivity index (χ4n) is 8.00. The van der Waals surface area contributed by atoms with Gasteiger partial charge in [0, 0.05) is 19.3 Å². The summed E-state index contributed by atoms with van der Waals surface area (Å²) >= 11 is 0. The number of hydrogen-bond acceptors (Lipinski definition) is 4. The predicted molar refractivity (Wildman–Crippen MR) is 107 cm³/mol. The Morgan fingerprint density at radius 3 is 2.36 bits per heavy atom. The molecule has 0 N–H and O–H groups in total. The van der Waals surface area contributed by atoms with Gasteiger partial charge in [-0.2, -0.15) is 0 Å². The molecule has 8 atom stereocenters. The van der Waals surface area contributed by atoms with Crippen molar-refractivity contribution in [3.05, 3.63) is 12.2 Å². The fourth-order valence-corrected chi connectivity index (χ4v) is 8.00. The van der Waals surface area contributed by atoms with Crippen LogP contribution in [0.25, 0.3) is 0 Å². The SMILES string of the molecule is C=C1C[C@]2(C)[C@@H](OC(C)=O)CC[C@H]2[C@@H]2CC[C@H]3C[C@H](OC(C)=O)CC[C@]3(C)[C@@H]12. The van der Waals surface area contributed by atoms with Crippen molar-refractivity contribution in [1.29, 1.82) is 0 Å². The van der Waals surface area contributed by atoms with Crippen LogP contribution in [0.4, 0.5) is 0 Å². The Hall–Kier alpha value is -1.32. The van der Waals surface area contributed by atoms with Crippen LogP contribution >= 0.6 is 0 Å². The zero-order chi connectivity index (χ0) is 20.3. The molecular formula is C24H36O4. The molecule has 4 heteroatoms. The molecule has 4 saturated carbocycles. The highest BCUT2D eigenvalue weighted by molar-refractivity contribution is 5.66. The van der Waals surface area contributed by atoms with E-state index in [1.54, 1.807) is 0 Å². The van der Waals surface area contributed by atoms with Gasteiger partial charge in [0.15, 0.2) is 0 Å². The number of hydrogen-bond donors (Lipinski definition) is 0. The molecule has 28 heavy (non-hydrogen) atoms. The van der Waals surface area contributed by atoms with Crippen LogP contribution in [-0.4, -0.2) is 24.1 Å². The summed E-state index contributed by atoms with van der Waals surface area (Å²) in [7, 11) is 0. The molecule has 0 unspecified atom stereocenters. The minimum absolute atomic E-state index is 0.0398. The van der Waals surface area contributed by atoms with E-state index in [9.17, 15) is 9.59 Å². The van der Waals surface area contributed by atoms with E-state index in [0.717, 1.165) is 32.1 Å². The predicted octanol–water partition coefficient (Wildman–Crippen LogP) is 5.06. The van der Waals surface area contributed by atoms with E-state index in [0.29, 0.717) is 23.7 Å². The molecule has 4 nitrogen and oxygen atoms in total. The van der Waals surface area contributed by atoms with Gasteiger partial charge in [0.1, 0.15) is 12.2 Å². The lowest BCUT2D eigenvalue weighted by Gasteiger charge is -2.61. The molecule has 0 aromatic carbocycles. The van der Waals surface area contributed by atoms with Gasteiger partial charge in [-0.15, -0.1) is 0 Å². The molecule has 0 spiro atoms. The van der Waals surface area contributed by atoms with Crippen molar-refractivity contribution >= 4 is 11.9 Å². The van der Waals surface area contributed by atoms with E-state index in [-0.39, 0.29) is 35.0 Å². The molecule has 0 radical (unpaired) electrons. The first-order chi connectivity index (χ1) is 13.1. The van der Waals surface area contributed by atoms with Crippen LogP contribution in [0, 0.1) is 34.5 Å². The zero-order valence-electron chi connectivity index (χ0n) is 18.0. The third-order valence-corrected chi connectivity index (χ3v) is 9.00. The molecule has 4 aliphatic rings. The summed E-state index contributed by atoms with van der Waals surface area (Å²) in [6.07, 6.45) is 8.81. The van der Waals surface area contributed by atoms with Gasteiger partial charge in [-0.05, 0) is 80.5 Å². The Morgan fingerprint density at radius 2 is 1.68 bits per heavy atom. The van der Waals surface area contributed by atoms with Crippen LogP contribution in [0.15, 0.2) is 12.2 Å². The molecule has 4 aliphatic carbocycles. The molecule has 0 aromatic heterocycles. The summed E-state index contributed by atoms with van der Waals surface area (Å²) in [5.41, 5.74) is 1.68. The number of allylic oxidation sites excluding steroid dienone is 1. The normalized spacial score (nSPS) is 47.5. The van der Waals surface area contributed by atoms with Crippen LogP contribution < -0.4 is 0 Å². The summed E-state index contributed by atoms with van der Waals surface area (Å²) in [6.45, 7) is 12.5. The molecule has 0 heterocycles. The van der Waals surface area contributed by atoms with E-state index in [1.807, 2.05) is 0 Å². The Bertz CT molecular complexity index is 684. The molecule has 4 fully saturated rings. The molecular weight excluding hydrogens is 352 g/mol. The van der Waals surface area contributed by atoms with E-state index in [1.165, 1.54) is 38.7 Å². The monoisotopic (exact) mass is 388 g/mol. The molecule has 0 amide bonds. The first kappa shape index (κ1) is 20.0. The standard InChI is InChI=1S/C24H36O4/c1-14-13-24(5)20(8-9-21(24)28-16(3)26)19-7-6-17-12-18(27-15(2)25)10-11-23(17,4)22(14)19/h17-22H,1,6-13H2,2-5H3/t17-,18+,19-,20-,21-,22-,23-,24-/m0/s1. The van der Waals surface area contributed by atoms with Crippen molar-refractivity contribution in [1.82, 2.24) is 0 Å². The average molecular weight is 389 g/mol. The minimum atomic E-state index is -0.154. The Balaban J connectivity index is 1.57. The van der Waals surface area contributed by atoms with Crippen molar-refractivity contribution < 1.29 is 19.1 Å². The van der Waals surface area contributed by atoms with Gasteiger partial charge in [-0.3, -0.25) is 9.59 Å². The Morgan fingerprint density at radius 1 is 0.964 bits per heavy atom. The van der Waals surface area contributed by atoms with Crippen molar-refractivity contribution in [2.75, 3.05) is 0 Å². The first-order valence-electron chi connectivity index (χ1n) is 11.2. The fraction of sp³-hybridized carbons (Fsp3) is 0.833. The van der Waals surface area contributed by atoms with Gasteiger partial charge in [-0.25, -0.2) is 0 Å². The molecule has 0 saturated heterocycles. The summed E-state index contributed by atoms with van der Waals surface area (Å²) in [5, 5.41) is 0. The lowest BCUT2D eigenvalue weighted by atomic mass is 9.44. The van der Waals surface area contributed by atoms with Crippen LogP contribution in [0.1, 0.15) is 79.1 Å². The maximum atomic E-state index is 11.6. The molecule has 0 aromatic rings. The number of carbonyl (C=O) groups excluding carboxylic acids is 2. The summed E-state index contributed by atoms with van der Waals surface area (Å²) in [4.78, 5) is 23.1. The van der Waals surface area contributed by atoms with Crippen molar-refractivity contribution in [2.45, 2.75) is 91.3 Å². The van der Waals surface area contributed by atoms with E-state index >= 15 is 0 Å². The average Bonchev–Trinajstić information content (AvgIpc) is 2.90. The summed E-state index contributed by atoms with van der Waals surface area (Å²) < 4.78 is 11.3. The van der Waals surface area contributed by atoms with Crippen LogP contribution in [0.3, 0.4) is 0 Å². The maximum absolute atomic E-state index is 11.6. The van der Waals surface area contributed by atoms with E-state index < -0.39 is 0 Å². The molecule has 156 valence electrons. The molecule has 0 bridgehead atoms. The van der Waals surface area contributed by atoms with Gasteiger partial charge < -0.3 is 9.47 Å². The highest BCUT2D eigenvalue weighted by atomic mass is 16.5. The highest BCUT2D eigenvalue weighted by Crippen LogP contribution is 2.67. The zero-order valence-corrected chi connectivity index (χ0v) is 18.0. The second kappa shape index (κ2) is 6.88. The van der Waals surface area contributed by atoms with Gasteiger partial charge >= 0.3 is 11.9 Å². The van der Waals surface area contributed by atoms with Gasteiger partial charge in [0.2, 0.25) is 0 Å². The van der Waals surface area contributed by atoms with Crippen LogP contribution in [0.5, 0.6) is 0 Å². The first-order valence-corrected chi connectivity index (χ1v) is 11.2. The number of rotatable bonds is 2. The van der Waals surface area contributed by atoms with Gasteiger partial charge in [0.25, 0.3) is 0 Å². The second-order valence-electron chi connectivity index (χ2n) is 10.6. The third kappa shape index (κ3) is 3.02. The number of fused-ring (bicyclic) bond motifs is 5. The third-order valence-electron chi connectivity index (χ3n) is 9.00. The lowest BCUT2D eigenvalue weighted by Crippen LogP contribution is -2.55. The number of carbonyl (C=O) groups is 2. The smallest absolute Gasteiger partial charge is 0.302 e. The number of esters is 2. The molecule has 4 rings (SSSR count). The van der Waals surface area contributed by atoms with Crippen LogP contribution in [-0.2, 0) is 19.1 Å². The summed E-state index contributed by atoms with van der Waals surface area (Å²) in [5.74, 6) is 2.13. The van der Waals surface area contributed by atoms with Crippen molar-refractivity contribution in [3.63, 3.8) is 0 Å². The Kier molecular flexibility index (Phi) is 4.91. The van der Waals surface area contributed by atoms with Gasteiger partial charge in [0.05, 0.1) is 0 Å². The highest BCUT2D eigenvalue weighted by Gasteiger charge is 2.62. The van der Waals surface area contributed by atoms with E-state index in [4.69, 9.17) is 9.47 Å². The van der Waals surface area contributed by atoms with E-state index in [2.05, 4.69) is 20.4 Å². The van der Waals surface area contributed by atoms with Gasteiger partial charge in [-0.1, -0.05) is 26.0 Å². The molecule has 0 aliphatic heterocycles. The lowest BCUT2D eigenvalue weighted by molar-refractivity contribution is -0.160. The van der Waals surface area contributed by atoms with Crippen molar-refractivity contribution in [3.8, 4) is 0 Å². The largest absolute Gasteiger partial charge is 0.463 e. The van der Waals surface area contributed by atoms with Crippen LogP contribution in [0.2, 0.25) is 0 Å². The second-order valence-corrected chi connectivity index (χ2v) is 10.6. The minimum Gasteiger partial charge on any atom is -0.463 e. The quantitative estimate of drug-likeness (QED) is 0.490. The van der Waals surface area contributed by atoms with Crippen molar-refractivity contribution in [2.24, 2.45) is 34.5 Å². The topological polar surface area (TPSA) is 52.6 Å². The Labute approximate surface area is 169 Å². The summed E-state index contributed by atoms with van der Waals surface area (Å²) in [6, 6.07) is 0.